The van der Waals surface area contributed by atoms with E-state index in [-0.39, 0.29) is 17.2 Å². The van der Waals surface area contributed by atoms with Crippen molar-refractivity contribution in [2.24, 2.45) is 11.3 Å². The highest BCUT2D eigenvalue weighted by Crippen LogP contribution is 2.59. The van der Waals surface area contributed by atoms with Crippen LogP contribution in [-0.4, -0.2) is 44.8 Å². The number of nitrogens with zero attached hydrogens (tertiary/aromatic N) is 3. The minimum atomic E-state index is -0.686. The van der Waals surface area contributed by atoms with Gasteiger partial charge in [0.05, 0.1) is 11.6 Å². The predicted molar refractivity (Wildman–Crippen MR) is 98.9 cm³/mol. The summed E-state index contributed by atoms with van der Waals surface area (Å²) in [7, 11) is 0. The second-order valence-corrected chi connectivity index (χ2v) is 8.12. The molecule has 2 fully saturated rings. The van der Waals surface area contributed by atoms with Gasteiger partial charge in [0.2, 0.25) is 0 Å². The zero-order valence-corrected chi connectivity index (χ0v) is 15.2. The summed E-state index contributed by atoms with van der Waals surface area (Å²) < 4.78 is 1.93. The first kappa shape index (κ1) is 16.5. The van der Waals surface area contributed by atoms with Gasteiger partial charge in [-0.15, -0.1) is 0 Å². The number of carbonyl (C=O) groups excluding carboxylic acids is 1. The van der Waals surface area contributed by atoms with Gasteiger partial charge >= 0.3 is 5.97 Å². The van der Waals surface area contributed by atoms with Crippen LogP contribution in [0.1, 0.15) is 47.4 Å². The molecule has 6 nitrogen and oxygen atoms in total. The Balaban J connectivity index is 1.38. The van der Waals surface area contributed by atoms with Crippen LogP contribution in [-0.2, 0) is 17.6 Å². The highest BCUT2D eigenvalue weighted by molar-refractivity contribution is 5.94. The monoisotopic (exact) mass is 365 g/mol. The van der Waals surface area contributed by atoms with Crippen molar-refractivity contribution in [3.05, 3.63) is 47.3 Å². The first-order valence-corrected chi connectivity index (χ1v) is 9.77. The van der Waals surface area contributed by atoms with Crippen LogP contribution >= 0.6 is 0 Å². The molecule has 6 heteroatoms. The highest BCUT2D eigenvalue weighted by Gasteiger charge is 2.59. The maximum Gasteiger partial charge on any atom is 0.307 e. The summed E-state index contributed by atoms with van der Waals surface area (Å²) in [5, 5.41) is 14.0. The molecule has 1 N–H and O–H groups in total. The van der Waals surface area contributed by atoms with Crippen molar-refractivity contribution in [3.63, 3.8) is 0 Å². The standard InChI is InChI=1S/C21H23N3O3/c25-19(23-11-9-21(10-12-23)13-16(21)20(26)27)18-15-7-4-8-17(15)24(22-18)14-5-2-1-3-6-14/h1-3,5-6,16H,4,7-13H2,(H,26,27). The van der Waals surface area contributed by atoms with Gasteiger partial charge < -0.3 is 10.0 Å². The molecule has 1 aliphatic heterocycles. The molecule has 0 bridgehead atoms. The van der Waals surface area contributed by atoms with Crippen LogP contribution in [0.4, 0.5) is 0 Å². The molecular formula is C21H23N3O3. The number of para-hydroxylation sites is 1. The number of hydrogen-bond acceptors (Lipinski definition) is 3. The van der Waals surface area contributed by atoms with Crippen molar-refractivity contribution in [2.75, 3.05) is 13.1 Å². The van der Waals surface area contributed by atoms with E-state index >= 15 is 0 Å². The van der Waals surface area contributed by atoms with Gasteiger partial charge in [-0.3, -0.25) is 9.59 Å². The Kier molecular flexibility index (Phi) is 3.64. The third-order valence-electron chi connectivity index (χ3n) is 6.67. The third kappa shape index (κ3) is 2.58. The number of amides is 1. The summed E-state index contributed by atoms with van der Waals surface area (Å²) in [6.45, 7) is 1.27. The summed E-state index contributed by atoms with van der Waals surface area (Å²) in [6.07, 6.45) is 5.26. The quantitative estimate of drug-likeness (QED) is 0.907. The second-order valence-electron chi connectivity index (χ2n) is 8.12. The predicted octanol–water partition coefficient (Wildman–Crippen LogP) is 2.69. The number of carboxylic acid groups (broad SMARTS) is 1. The number of carbonyl (C=O) groups is 2. The van der Waals surface area contributed by atoms with Crippen LogP contribution in [0.15, 0.2) is 30.3 Å². The minimum absolute atomic E-state index is 0.00482. The van der Waals surface area contributed by atoms with Crippen molar-refractivity contribution in [3.8, 4) is 5.69 Å². The maximum absolute atomic E-state index is 13.2. The number of carboxylic acids is 1. The topological polar surface area (TPSA) is 75.4 Å². The van der Waals surface area contributed by atoms with Crippen LogP contribution in [0.5, 0.6) is 0 Å². The van der Waals surface area contributed by atoms with E-state index in [2.05, 4.69) is 0 Å². The molecule has 1 atom stereocenters. The molecule has 1 aromatic heterocycles. The van der Waals surface area contributed by atoms with Gasteiger partial charge in [0.1, 0.15) is 0 Å². The lowest BCUT2D eigenvalue weighted by molar-refractivity contribution is -0.139. The average Bonchev–Trinajstić information content (AvgIpc) is 3.03. The summed E-state index contributed by atoms with van der Waals surface area (Å²) in [6, 6.07) is 9.98. The zero-order chi connectivity index (χ0) is 18.6. The van der Waals surface area contributed by atoms with Crippen LogP contribution in [0.2, 0.25) is 0 Å². The summed E-state index contributed by atoms with van der Waals surface area (Å²) >= 11 is 0. The normalized spacial score (nSPS) is 22.7. The third-order valence-corrected chi connectivity index (χ3v) is 6.67. The molecule has 140 valence electrons. The van der Waals surface area contributed by atoms with Crippen LogP contribution in [0, 0.1) is 11.3 Å². The second kappa shape index (κ2) is 5.94. The van der Waals surface area contributed by atoms with Crippen molar-refractivity contribution in [1.82, 2.24) is 14.7 Å². The Hall–Kier alpha value is -2.63. The van der Waals surface area contributed by atoms with Crippen LogP contribution in [0.3, 0.4) is 0 Å². The van der Waals surface area contributed by atoms with Gasteiger partial charge in [0.25, 0.3) is 5.91 Å². The Morgan fingerprint density at radius 2 is 1.85 bits per heavy atom. The Morgan fingerprint density at radius 1 is 1.11 bits per heavy atom. The largest absolute Gasteiger partial charge is 0.481 e. The summed E-state index contributed by atoms with van der Waals surface area (Å²) in [5.41, 5.74) is 3.78. The van der Waals surface area contributed by atoms with Gasteiger partial charge in [-0.05, 0) is 56.1 Å². The fourth-order valence-electron chi connectivity index (χ4n) is 4.95. The number of likely N-dealkylation sites (tertiary alicyclic amines) is 1. The fraction of sp³-hybridized carbons (Fsp3) is 0.476. The Morgan fingerprint density at radius 3 is 2.52 bits per heavy atom. The van der Waals surface area contributed by atoms with E-state index in [1.807, 2.05) is 39.9 Å². The molecule has 2 aliphatic carbocycles. The molecule has 1 amide bonds. The van der Waals surface area contributed by atoms with Crippen molar-refractivity contribution in [1.29, 1.82) is 0 Å². The van der Waals surface area contributed by atoms with Crippen molar-refractivity contribution < 1.29 is 14.7 Å². The maximum atomic E-state index is 13.2. The number of rotatable bonds is 3. The molecule has 1 spiro atoms. The molecular weight excluding hydrogens is 342 g/mol. The number of piperidine rings is 1. The SMILES string of the molecule is O=C(O)C1CC12CCN(C(=O)c1nn(-c3ccccc3)c3c1CCC3)CC2. The summed E-state index contributed by atoms with van der Waals surface area (Å²) in [5.74, 6) is -0.893. The van der Waals surface area contributed by atoms with Crippen LogP contribution in [0.25, 0.3) is 5.69 Å². The molecule has 5 rings (SSSR count). The smallest absolute Gasteiger partial charge is 0.307 e. The number of aromatic nitrogens is 2. The summed E-state index contributed by atoms with van der Waals surface area (Å²) in [4.78, 5) is 26.3. The van der Waals surface area contributed by atoms with Crippen molar-refractivity contribution in [2.45, 2.75) is 38.5 Å². The zero-order valence-electron chi connectivity index (χ0n) is 15.2. The molecule has 1 saturated heterocycles. The molecule has 2 aromatic rings. The lowest BCUT2D eigenvalue weighted by Crippen LogP contribution is -2.40. The molecule has 3 aliphatic rings. The first-order chi connectivity index (χ1) is 13.1. The van der Waals surface area contributed by atoms with E-state index < -0.39 is 5.97 Å². The molecule has 1 unspecified atom stereocenters. The van der Waals surface area contributed by atoms with E-state index in [4.69, 9.17) is 5.10 Å². The fourth-order valence-corrected chi connectivity index (χ4v) is 4.95. The molecule has 2 heterocycles. The van der Waals surface area contributed by atoms with Crippen molar-refractivity contribution >= 4 is 11.9 Å². The minimum Gasteiger partial charge on any atom is -0.481 e. The highest BCUT2D eigenvalue weighted by atomic mass is 16.4. The van der Waals surface area contributed by atoms with E-state index in [1.165, 1.54) is 0 Å². The molecule has 0 radical (unpaired) electrons. The molecule has 1 saturated carbocycles. The van der Waals surface area contributed by atoms with E-state index in [9.17, 15) is 14.7 Å². The van der Waals surface area contributed by atoms with E-state index in [0.717, 1.165) is 55.5 Å². The molecule has 27 heavy (non-hydrogen) atoms. The number of benzene rings is 1. The van der Waals surface area contributed by atoms with Gasteiger partial charge in [0, 0.05) is 24.3 Å². The van der Waals surface area contributed by atoms with Gasteiger partial charge in [-0.25, -0.2) is 4.68 Å². The number of hydrogen-bond donors (Lipinski definition) is 1. The van der Waals surface area contributed by atoms with Gasteiger partial charge in [0.15, 0.2) is 5.69 Å². The number of aliphatic carboxylic acids is 1. The Bertz CT molecular complexity index is 910. The van der Waals surface area contributed by atoms with Gasteiger partial charge in [-0.2, -0.15) is 5.10 Å². The lowest BCUT2D eigenvalue weighted by Gasteiger charge is -2.32. The average molecular weight is 365 g/mol. The molecule has 1 aromatic carbocycles. The van der Waals surface area contributed by atoms with E-state index in [0.29, 0.717) is 18.8 Å². The first-order valence-electron chi connectivity index (χ1n) is 9.77. The lowest BCUT2D eigenvalue weighted by atomic mass is 9.90. The van der Waals surface area contributed by atoms with E-state index in [1.54, 1.807) is 0 Å². The number of fused-ring (bicyclic) bond motifs is 1. The van der Waals surface area contributed by atoms with Gasteiger partial charge in [-0.1, -0.05) is 18.2 Å². The van der Waals surface area contributed by atoms with Crippen LogP contribution < -0.4 is 0 Å². The Labute approximate surface area is 157 Å².